The Morgan fingerprint density at radius 3 is 2.60 bits per heavy atom. The van der Waals surface area contributed by atoms with Crippen LogP contribution in [0, 0.1) is 11.6 Å². The van der Waals surface area contributed by atoms with Gasteiger partial charge in [0.05, 0.1) is 6.42 Å². The van der Waals surface area contributed by atoms with E-state index in [1.165, 1.54) is 6.92 Å². The van der Waals surface area contributed by atoms with E-state index in [2.05, 4.69) is 0 Å². The maximum Gasteiger partial charge on any atom is 0.303 e. The van der Waals surface area contributed by atoms with Crippen LogP contribution in [0.1, 0.15) is 24.8 Å². The number of hydrogen-bond donors (Lipinski definition) is 2. The van der Waals surface area contributed by atoms with E-state index in [4.69, 9.17) is 10.2 Å². The predicted molar refractivity (Wildman–Crippen MR) is 48.7 cm³/mol. The highest BCUT2D eigenvalue weighted by Crippen LogP contribution is 2.29. The Balaban J connectivity index is 3.12. The van der Waals surface area contributed by atoms with Gasteiger partial charge in [-0.05, 0) is 18.1 Å². The minimum atomic E-state index is -1.15. The Bertz CT molecular complexity index is 390. The lowest BCUT2D eigenvalue weighted by molar-refractivity contribution is -0.137. The number of phenols is 1. The average Bonchev–Trinajstić information content (AvgIpc) is 2.11. The quantitative estimate of drug-likeness (QED) is 0.814. The van der Waals surface area contributed by atoms with E-state index in [1.54, 1.807) is 0 Å². The molecule has 1 aromatic rings. The molecule has 0 heterocycles. The first-order chi connectivity index (χ1) is 6.93. The molecule has 2 N–H and O–H groups in total. The molecule has 1 unspecified atom stereocenters. The monoisotopic (exact) mass is 216 g/mol. The van der Waals surface area contributed by atoms with Crippen molar-refractivity contribution in [2.24, 2.45) is 0 Å². The number of carboxylic acid groups (broad SMARTS) is 1. The van der Waals surface area contributed by atoms with Crippen LogP contribution < -0.4 is 0 Å². The van der Waals surface area contributed by atoms with Crippen LogP contribution in [0.4, 0.5) is 8.78 Å². The molecule has 5 heteroatoms. The molecule has 0 saturated carbocycles. The Hall–Kier alpha value is -1.65. The smallest absolute Gasteiger partial charge is 0.303 e. The molecule has 0 bridgehead atoms. The Kier molecular flexibility index (Phi) is 3.24. The maximum atomic E-state index is 13.3. The normalized spacial score (nSPS) is 12.5. The number of hydrogen-bond acceptors (Lipinski definition) is 2. The first-order valence-electron chi connectivity index (χ1n) is 4.32. The molecule has 3 nitrogen and oxygen atoms in total. The first kappa shape index (κ1) is 11.4. The summed E-state index contributed by atoms with van der Waals surface area (Å²) >= 11 is 0. The Labute approximate surface area is 85.0 Å². The summed E-state index contributed by atoms with van der Waals surface area (Å²) in [7, 11) is 0. The fourth-order valence-electron chi connectivity index (χ4n) is 1.37. The summed E-state index contributed by atoms with van der Waals surface area (Å²) in [6.07, 6.45) is -0.392. The van der Waals surface area contributed by atoms with Gasteiger partial charge in [0.25, 0.3) is 0 Å². The van der Waals surface area contributed by atoms with Crippen LogP contribution in [0.2, 0.25) is 0 Å². The van der Waals surface area contributed by atoms with E-state index in [0.29, 0.717) is 0 Å². The summed E-state index contributed by atoms with van der Waals surface area (Å²) in [6, 6.07) is 1.80. The van der Waals surface area contributed by atoms with Crippen LogP contribution in [0.5, 0.6) is 5.75 Å². The summed E-state index contributed by atoms with van der Waals surface area (Å²) < 4.78 is 26.5. The van der Waals surface area contributed by atoms with Crippen LogP contribution in [0.25, 0.3) is 0 Å². The van der Waals surface area contributed by atoms with E-state index in [9.17, 15) is 13.6 Å². The zero-order valence-electron chi connectivity index (χ0n) is 8.00. The number of benzene rings is 1. The third-order valence-corrected chi connectivity index (χ3v) is 2.08. The lowest BCUT2D eigenvalue weighted by atomic mass is 9.96. The number of phenolic OH excluding ortho intramolecular Hbond substituents is 1. The molecule has 0 aliphatic carbocycles. The second-order valence-electron chi connectivity index (χ2n) is 3.29. The largest absolute Gasteiger partial charge is 0.505 e. The number of halogens is 2. The van der Waals surface area contributed by atoms with Gasteiger partial charge >= 0.3 is 5.97 Å². The molecule has 1 atom stereocenters. The number of aromatic hydroxyl groups is 1. The Morgan fingerprint density at radius 1 is 1.47 bits per heavy atom. The molecule has 0 aliphatic heterocycles. The summed E-state index contributed by atoms with van der Waals surface area (Å²) in [5.74, 6) is -4.59. The molecule has 0 radical (unpaired) electrons. The minimum absolute atomic E-state index is 0.391. The number of aliphatic carboxylic acids is 1. The average molecular weight is 216 g/mol. The second-order valence-corrected chi connectivity index (χ2v) is 3.29. The van der Waals surface area contributed by atoms with Crippen molar-refractivity contribution < 1.29 is 23.8 Å². The SMILES string of the molecule is CC(CC(=O)O)c1c(F)ccc(O)c1F. The molecule has 0 spiro atoms. The fraction of sp³-hybridized carbons (Fsp3) is 0.300. The highest BCUT2D eigenvalue weighted by molar-refractivity contribution is 5.68. The van der Waals surface area contributed by atoms with Crippen LogP contribution in [-0.2, 0) is 4.79 Å². The van der Waals surface area contributed by atoms with Crippen LogP contribution in [0.15, 0.2) is 12.1 Å². The van der Waals surface area contributed by atoms with Gasteiger partial charge in [0.15, 0.2) is 11.6 Å². The fourth-order valence-corrected chi connectivity index (χ4v) is 1.37. The summed E-state index contributed by atoms with van der Waals surface area (Å²) in [6.45, 7) is 1.38. The molecule has 0 aromatic heterocycles. The van der Waals surface area contributed by atoms with E-state index < -0.39 is 41.3 Å². The van der Waals surface area contributed by atoms with Gasteiger partial charge < -0.3 is 10.2 Å². The summed E-state index contributed by atoms with van der Waals surface area (Å²) in [5, 5.41) is 17.5. The third kappa shape index (κ3) is 2.43. The van der Waals surface area contributed by atoms with Crippen molar-refractivity contribution in [3.63, 3.8) is 0 Å². The van der Waals surface area contributed by atoms with E-state index in [1.807, 2.05) is 0 Å². The molecule has 1 rings (SSSR count). The minimum Gasteiger partial charge on any atom is -0.505 e. The molecule has 0 saturated heterocycles. The van der Waals surface area contributed by atoms with Crippen molar-refractivity contribution in [2.45, 2.75) is 19.3 Å². The van der Waals surface area contributed by atoms with Crippen LogP contribution >= 0.6 is 0 Å². The molecule has 0 fully saturated rings. The van der Waals surface area contributed by atoms with Gasteiger partial charge in [-0.1, -0.05) is 6.92 Å². The van der Waals surface area contributed by atoms with Crippen molar-refractivity contribution >= 4 is 5.97 Å². The highest BCUT2D eigenvalue weighted by Gasteiger charge is 2.21. The van der Waals surface area contributed by atoms with Crippen LogP contribution in [0.3, 0.4) is 0 Å². The Morgan fingerprint density at radius 2 is 2.07 bits per heavy atom. The molecular weight excluding hydrogens is 206 g/mol. The van der Waals surface area contributed by atoms with Gasteiger partial charge in [0.1, 0.15) is 5.82 Å². The second kappa shape index (κ2) is 4.25. The zero-order valence-corrected chi connectivity index (χ0v) is 8.00. The van der Waals surface area contributed by atoms with E-state index in [0.717, 1.165) is 12.1 Å². The first-order valence-corrected chi connectivity index (χ1v) is 4.32. The third-order valence-electron chi connectivity index (χ3n) is 2.08. The maximum absolute atomic E-state index is 13.3. The molecule has 82 valence electrons. The van der Waals surface area contributed by atoms with E-state index >= 15 is 0 Å². The topological polar surface area (TPSA) is 57.5 Å². The van der Waals surface area contributed by atoms with Crippen molar-refractivity contribution in [2.75, 3.05) is 0 Å². The van der Waals surface area contributed by atoms with Gasteiger partial charge in [-0.3, -0.25) is 4.79 Å². The molecular formula is C10H10F2O3. The molecule has 15 heavy (non-hydrogen) atoms. The molecule has 0 aliphatic rings. The summed E-state index contributed by atoms with van der Waals surface area (Å²) in [4.78, 5) is 10.4. The molecule has 0 amide bonds. The number of rotatable bonds is 3. The van der Waals surface area contributed by atoms with Gasteiger partial charge in [-0.15, -0.1) is 0 Å². The van der Waals surface area contributed by atoms with Gasteiger partial charge in [-0.2, -0.15) is 0 Å². The van der Waals surface area contributed by atoms with Crippen molar-refractivity contribution in [1.29, 1.82) is 0 Å². The van der Waals surface area contributed by atoms with Gasteiger partial charge in [-0.25, -0.2) is 8.78 Å². The number of carboxylic acids is 1. The van der Waals surface area contributed by atoms with Gasteiger partial charge in [0.2, 0.25) is 0 Å². The lowest BCUT2D eigenvalue weighted by Crippen LogP contribution is -2.07. The lowest BCUT2D eigenvalue weighted by Gasteiger charge is -2.12. The summed E-state index contributed by atoms with van der Waals surface area (Å²) in [5.41, 5.74) is -0.391. The van der Waals surface area contributed by atoms with Crippen LogP contribution in [-0.4, -0.2) is 16.2 Å². The molecule has 1 aromatic carbocycles. The zero-order chi connectivity index (χ0) is 11.6. The van der Waals surface area contributed by atoms with E-state index in [-0.39, 0.29) is 0 Å². The highest BCUT2D eigenvalue weighted by atomic mass is 19.1. The van der Waals surface area contributed by atoms with Gasteiger partial charge in [0, 0.05) is 5.56 Å². The number of carbonyl (C=O) groups is 1. The standard InChI is InChI=1S/C10H10F2O3/c1-5(4-8(14)15)9-6(11)2-3-7(13)10(9)12/h2-3,5,13H,4H2,1H3,(H,14,15). The van der Waals surface area contributed by atoms with Crippen molar-refractivity contribution in [1.82, 2.24) is 0 Å². The van der Waals surface area contributed by atoms with Crippen molar-refractivity contribution in [3.8, 4) is 5.75 Å². The van der Waals surface area contributed by atoms with Crippen molar-refractivity contribution in [3.05, 3.63) is 29.3 Å². The predicted octanol–water partition coefficient (Wildman–Crippen LogP) is 2.25.